The van der Waals surface area contributed by atoms with Crippen molar-refractivity contribution in [2.45, 2.75) is 18.7 Å². The molecule has 9 heteroatoms. The molecule has 2 aromatic carbocycles. The zero-order valence-electron chi connectivity index (χ0n) is 15.8. The van der Waals surface area contributed by atoms with Crippen molar-refractivity contribution in [2.24, 2.45) is 5.14 Å². The van der Waals surface area contributed by atoms with Crippen LogP contribution >= 0.6 is 0 Å². The average molecular weight is 413 g/mol. The second-order valence-corrected chi connectivity index (χ2v) is 7.97. The fourth-order valence-electron chi connectivity index (χ4n) is 2.98. The molecule has 0 saturated heterocycles. The second-order valence-electron chi connectivity index (χ2n) is 6.41. The van der Waals surface area contributed by atoms with Gasteiger partial charge >= 0.3 is 5.97 Å². The standard InChI is InChI=1S/C20H19N3O5S/c1-12-16-8-3-4-9-17(16)22-13(2)19(12)20(25)28-11-18(24)23-14-6-5-7-15(10-14)29(21,26)27/h3-10H,11H2,1-2H3,(H,23,24)(H2,21,26,27). The molecule has 0 aliphatic carbocycles. The van der Waals surface area contributed by atoms with Gasteiger partial charge < -0.3 is 10.1 Å². The molecule has 0 atom stereocenters. The van der Waals surface area contributed by atoms with E-state index >= 15 is 0 Å². The van der Waals surface area contributed by atoms with E-state index in [1.165, 1.54) is 24.3 Å². The van der Waals surface area contributed by atoms with Gasteiger partial charge in [-0.1, -0.05) is 24.3 Å². The lowest BCUT2D eigenvalue weighted by Crippen LogP contribution is -2.22. The van der Waals surface area contributed by atoms with Crippen LogP contribution in [0.15, 0.2) is 53.4 Å². The molecule has 150 valence electrons. The lowest BCUT2D eigenvalue weighted by molar-refractivity contribution is -0.119. The van der Waals surface area contributed by atoms with Crippen LogP contribution in [0.3, 0.4) is 0 Å². The van der Waals surface area contributed by atoms with Gasteiger partial charge in [-0.25, -0.2) is 18.4 Å². The van der Waals surface area contributed by atoms with Gasteiger partial charge in [0.15, 0.2) is 6.61 Å². The Morgan fingerprint density at radius 1 is 1.10 bits per heavy atom. The van der Waals surface area contributed by atoms with Crippen LogP contribution in [0.5, 0.6) is 0 Å². The molecule has 29 heavy (non-hydrogen) atoms. The normalized spacial score (nSPS) is 11.3. The lowest BCUT2D eigenvalue weighted by Gasteiger charge is -2.12. The van der Waals surface area contributed by atoms with Gasteiger partial charge in [0.2, 0.25) is 10.0 Å². The van der Waals surface area contributed by atoms with Crippen molar-refractivity contribution in [1.29, 1.82) is 0 Å². The van der Waals surface area contributed by atoms with Crippen molar-refractivity contribution in [1.82, 2.24) is 4.98 Å². The number of nitrogens with zero attached hydrogens (tertiary/aromatic N) is 1. The molecule has 0 bridgehead atoms. The first kappa shape index (κ1) is 20.4. The monoisotopic (exact) mass is 413 g/mol. The highest BCUT2D eigenvalue weighted by molar-refractivity contribution is 7.89. The zero-order chi connectivity index (χ0) is 21.2. The van der Waals surface area contributed by atoms with Crippen LogP contribution in [-0.4, -0.2) is 31.9 Å². The van der Waals surface area contributed by atoms with E-state index in [1.807, 2.05) is 24.3 Å². The predicted molar refractivity (Wildman–Crippen MR) is 108 cm³/mol. The molecule has 0 spiro atoms. The van der Waals surface area contributed by atoms with Gasteiger partial charge in [0, 0.05) is 11.1 Å². The van der Waals surface area contributed by atoms with E-state index in [0.717, 1.165) is 16.5 Å². The molecule has 0 fully saturated rings. The van der Waals surface area contributed by atoms with Crippen LogP contribution in [0.25, 0.3) is 10.9 Å². The number of aryl methyl sites for hydroxylation is 2. The Hall–Kier alpha value is -3.30. The fraction of sp³-hybridized carbons (Fsp3) is 0.150. The smallest absolute Gasteiger partial charge is 0.340 e. The Bertz CT molecular complexity index is 1220. The number of hydrogen-bond acceptors (Lipinski definition) is 6. The van der Waals surface area contributed by atoms with Gasteiger partial charge in [0.1, 0.15) is 0 Å². The summed E-state index contributed by atoms with van der Waals surface area (Å²) in [4.78, 5) is 28.9. The molecule has 0 radical (unpaired) electrons. The molecular formula is C20H19N3O5S. The molecule has 0 saturated carbocycles. The van der Waals surface area contributed by atoms with E-state index in [0.29, 0.717) is 11.3 Å². The first-order valence-electron chi connectivity index (χ1n) is 8.62. The molecular weight excluding hydrogens is 394 g/mol. The highest BCUT2D eigenvalue weighted by atomic mass is 32.2. The summed E-state index contributed by atoms with van der Waals surface area (Å²) in [5.41, 5.74) is 2.53. The Morgan fingerprint density at radius 3 is 2.55 bits per heavy atom. The first-order valence-corrected chi connectivity index (χ1v) is 10.2. The number of nitrogens with two attached hydrogens (primary N) is 1. The summed E-state index contributed by atoms with van der Waals surface area (Å²) < 4.78 is 27.9. The van der Waals surface area contributed by atoms with Crippen molar-refractivity contribution in [3.05, 3.63) is 65.4 Å². The third kappa shape index (κ3) is 4.58. The molecule has 1 aromatic heterocycles. The lowest BCUT2D eigenvalue weighted by atomic mass is 10.0. The summed E-state index contributed by atoms with van der Waals surface area (Å²) in [5.74, 6) is -1.28. The quantitative estimate of drug-likeness (QED) is 0.618. The molecule has 3 rings (SSSR count). The molecule has 0 aliphatic heterocycles. The summed E-state index contributed by atoms with van der Waals surface area (Å²) in [6.45, 7) is 2.96. The molecule has 1 heterocycles. The van der Waals surface area contributed by atoms with Crippen molar-refractivity contribution in [3.63, 3.8) is 0 Å². The van der Waals surface area contributed by atoms with Gasteiger partial charge in [0.05, 0.1) is 21.7 Å². The van der Waals surface area contributed by atoms with Crippen LogP contribution in [0.1, 0.15) is 21.6 Å². The molecule has 3 aromatic rings. The zero-order valence-corrected chi connectivity index (χ0v) is 16.6. The van der Waals surface area contributed by atoms with Crippen LogP contribution in [0.4, 0.5) is 5.69 Å². The van der Waals surface area contributed by atoms with Gasteiger partial charge in [-0.2, -0.15) is 0 Å². The van der Waals surface area contributed by atoms with Gasteiger partial charge in [-0.3, -0.25) is 9.78 Å². The van der Waals surface area contributed by atoms with E-state index in [4.69, 9.17) is 9.88 Å². The highest BCUT2D eigenvalue weighted by Crippen LogP contribution is 2.23. The summed E-state index contributed by atoms with van der Waals surface area (Å²) in [5, 5.41) is 8.37. The largest absolute Gasteiger partial charge is 0.452 e. The number of esters is 1. The first-order chi connectivity index (χ1) is 13.7. The predicted octanol–water partition coefficient (Wildman–Crippen LogP) is 2.29. The Morgan fingerprint density at radius 2 is 1.83 bits per heavy atom. The minimum Gasteiger partial charge on any atom is -0.452 e. The number of fused-ring (bicyclic) bond motifs is 1. The number of nitrogens with one attached hydrogen (secondary N) is 1. The fourth-order valence-corrected chi connectivity index (χ4v) is 3.54. The number of benzene rings is 2. The highest BCUT2D eigenvalue weighted by Gasteiger charge is 2.19. The number of carbonyl (C=O) groups is 2. The third-order valence-corrected chi connectivity index (χ3v) is 5.23. The summed E-state index contributed by atoms with van der Waals surface area (Å²) in [6.07, 6.45) is 0. The summed E-state index contributed by atoms with van der Waals surface area (Å²) in [7, 11) is -3.89. The molecule has 3 N–H and O–H groups in total. The van der Waals surface area contributed by atoms with E-state index in [-0.39, 0.29) is 10.6 Å². The maximum Gasteiger partial charge on any atom is 0.340 e. The number of anilines is 1. The Kier molecular flexibility index (Phi) is 5.62. The van der Waals surface area contributed by atoms with E-state index in [1.54, 1.807) is 13.8 Å². The number of aromatic nitrogens is 1. The third-order valence-electron chi connectivity index (χ3n) is 4.32. The van der Waals surface area contributed by atoms with Crippen LogP contribution in [0.2, 0.25) is 0 Å². The Labute approximate surface area is 167 Å². The molecule has 8 nitrogen and oxygen atoms in total. The second kappa shape index (κ2) is 7.98. The number of primary sulfonamides is 1. The summed E-state index contributed by atoms with van der Waals surface area (Å²) >= 11 is 0. The number of amides is 1. The summed E-state index contributed by atoms with van der Waals surface area (Å²) in [6, 6.07) is 12.9. The molecule has 0 aliphatic rings. The maximum atomic E-state index is 12.5. The van der Waals surface area contributed by atoms with Gasteiger partial charge in [0.25, 0.3) is 5.91 Å². The van der Waals surface area contributed by atoms with E-state index in [2.05, 4.69) is 10.3 Å². The van der Waals surface area contributed by atoms with Crippen LogP contribution < -0.4 is 10.5 Å². The molecule has 1 amide bonds. The SMILES string of the molecule is Cc1nc2ccccc2c(C)c1C(=O)OCC(=O)Nc1cccc(S(N)(=O)=O)c1. The topological polar surface area (TPSA) is 128 Å². The number of para-hydroxylation sites is 1. The van der Waals surface area contributed by atoms with Crippen LogP contribution in [-0.2, 0) is 19.6 Å². The Balaban J connectivity index is 1.71. The van der Waals surface area contributed by atoms with Crippen molar-refractivity contribution < 1.29 is 22.7 Å². The van der Waals surface area contributed by atoms with Crippen molar-refractivity contribution >= 4 is 38.5 Å². The number of sulfonamides is 1. The van der Waals surface area contributed by atoms with Gasteiger partial charge in [-0.05, 0) is 43.7 Å². The van der Waals surface area contributed by atoms with E-state index in [9.17, 15) is 18.0 Å². The van der Waals surface area contributed by atoms with Crippen molar-refractivity contribution in [3.8, 4) is 0 Å². The average Bonchev–Trinajstić information content (AvgIpc) is 2.66. The molecule has 0 unspecified atom stereocenters. The maximum absolute atomic E-state index is 12.5. The number of rotatable bonds is 5. The minimum absolute atomic E-state index is 0.138. The number of ether oxygens (including phenoxy) is 1. The number of pyridine rings is 1. The minimum atomic E-state index is -3.89. The number of carbonyl (C=O) groups excluding carboxylic acids is 2. The van der Waals surface area contributed by atoms with Crippen LogP contribution in [0, 0.1) is 13.8 Å². The van der Waals surface area contributed by atoms with Gasteiger partial charge in [-0.15, -0.1) is 0 Å². The van der Waals surface area contributed by atoms with E-state index < -0.39 is 28.5 Å². The van der Waals surface area contributed by atoms with Crippen molar-refractivity contribution in [2.75, 3.05) is 11.9 Å². The number of hydrogen-bond donors (Lipinski definition) is 2.